The van der Waals surface area contributed by atoms with Crippen LogP contribution in [0.5, 0.6) is 0 Å². The molecule has 1 saturated heterocycles. The fraction of sp³-hybridized carbons (Fsp3) is 0.588. The van der Waals surface area contributed by atoms with Crippen molar-refractivity contribution in [2.24, 2.45) is 0 Å². The van der Waals surface area contributed by atoms with Crippen molar-refractivity contribution >= 4 is 6.16 Å². The lowest BCUT2D eigenvalue weighted by Gasteiger charge is -2.29. The Kier molecular flexibility index (Phi) is 5.62. The summed E-state index contributed by atoms with van der Waals surface area (Å²) in [6, 6.07) is 8.76. The van der Waals surface area contributed by atoms with E-state index in [1.807, 2.05) is 0 Å². The molecule has 1 aromatic carbocycles. The van der Waals surface area contributed by atoms with E-state index in [1.165, 1.54) is 11.1 Å². The first-order valence-electron chi connectivity index (χ1n) is 7.74. The van der Waals surface area contributed by atoms with Gasteiger partial charge < -0.3 is 14.8 Å². The summed E-state index contributed by atoms with van der Waals surface area (Å²) >= 11 is 0. The van der Waals surface area contributed by atoms with Crippen LogP contribution in [0.4, 0.5) is 4.79 Å². The second-order valence-electron chi connectivity index (χ2n) is 5.84. The number of piperidine rings is 1. The lowest BCUT2D eigenvalue weighted by Crippen LogP contribution is -2.40. The van der Waals surface area contributed by atoms with Crippen molar-refractivity contribution in [3.8, 4) is 0 Å². The van der Waals surface area contributed by atoms with Crippen LogP contribution in [0.3, 0.4) is 0 Å². The first kappa shape index (κ1) is 15.8. The molecule has 1 heterocycles. The van der Waals surface area contributed by atoms with Gasteiger partial charge in [-0.2, -0.15) is 0 Å². The van der Waals surface area contributed by atoms with Crippen LogP contribution in [0.1, 0.15) is 50.2 Å². The van der Waals surface area contributed by atoms with Crippen molar-refractivity contribution in [2.75, 3.05) is 19.7 Å². The molecule has 0 aliphatic carbocycles. The van der Waals surface area contributed by atoms with Gasteiger partial charge in [-0.25, -0.2) is 4.79 Å². The molecule has 21 heavy (non-hydrogen) atoms. The molecule has 0 spiro atoms. The van der Waals surface area contributed by atoms with Crippen LogP contribution < -0.4 is 5.32 Å². The predicted octanol–water partition coefficient (Wildman–Crippen LogP) is 3.43. The lowest BCUT2D eigenvalue weighted by molar-refractivity contribution is 0.0157. The van der Waals surface area contributed by atoms with Gasteiger partial charge in [0.2, 0.25) is 0 Å². The van der Waals surface area contributed by atoms with Gasteiger partial charge in [-0.15, -0.1) is 0 Å². The lowest BCUT2D eigenvalue weighted by atomic mass is 9.89. The van der Waals surface area contributed by atoms with E-state index < -0.39 is 6.16 Å². The molecule has 0 bridgehead atoms. The number of hydrogen-bond acceptors (Lipinski definition) is 4. The van der Waals surface area contributed by atoms with Gasteiger partial charge in [0, 0.05) is 13.1 Å². The highest BCUT2D eigenvalue weighted by atomic mass is 16.7. The van der Waals surface area contributed by atoms with Gasteiger partial charge in [0.25, 0.3) is 0 Å². The summed E-state index contributed by atoms with van der Waals surface area (Å²) in [5.74, 6) is 0.919. The fourth-order valence-electron chi connectivity index (χ4n) is 2.69. The largest absolute Gasteiger partial charge is 0.508 e. The minimum Gasteiger partial charge on any atom is -0.435 e. The van der Waals surface area contributed by atoms with Crippen LogP contribution in [0, 0.1) is 0 Å². The molecule has 0 saturated carbocycles. The molecule has 2 rings (SSSR count). The quantitative estimate of drug-likeness (QED) is 0.863. The summed E-state index contributed by atoms with van der Waals surface area (Å²) in [5.41, 5.74) is 2.64. The molecule has 116 valence electrons. The maximum Gasteiger partial charge on any atom is 0.508 e. The Morgan fingerprint density at radius 1 is 1.29 bits per heavy atom. The van der Waals surface area contributed by atoms with Gasteiger partial charge in [0.05, 0.1) is 6.61 Å². The Morgan fingerprint density at radius 3 is 2.62 bits per heavy atom. The van der Waals surface area contributed by atoms with E-state index in [4.69, 9.17) is 9.47 Å². The molecule has 1 aliphatic rings. The van der Waals surface area contributed by atoms with Crippen LogP contribution in [0.2, 0.25) is 0 Å². The molecular weight excluding hydrogens is 266 g/mol. The Labute approximate surface area is 126 Å². The normalized spacial score (nSPS) is 22.1. The first-order valence-corrected chi connectivity index (χ1v) is 7.74. The van der Waals surface area contributed by atoms with Crippen molar-refractivity contribution in [2.45, 2.75) is 45.1 Å². The molecule has 1 aliphatic heterocycles. The zero-order chi connectivity index (χ0) is 15.2. The Balaban J connectivity index is 1.95. The first-order chi connectivity index (χ1) is 10.1. The molecule has 1 aromatic rings. The fourth-order valence-corrected chi connectivity index (χ4v) is 2.69. The van der Waals surface area contributed by atoms with E-state index >= 15 is 0 Å². The molecule has 0 radical (unpaired) electrons. The molecule has 1 N–H and O–H groups in total. The molecule has 2 unspecified atom stereocenters. The standard InChI is InChI=1S/C17H25NO3/c1-4-20-17(19)21-16-9-15(10-18-11-16)14-7-5-13(6-8-14)12(2)3/h5-8,12,15-16,18H,4,9-11H2,1-3H3. The molecule has 4 heteroatoms. The summed E-state index contributed by atoms with van der Waals surface area (Å²) in [5, 5.41) is 3.34. The number of carbonyl (C=O) groups is 1. The van der Waals surface area contributed by atoms with E-state index in [9.17, 15) is 4.79 Å². The van der Waals surface area contributed by atoms with Crippen molar-refractivity contribution in [3.05, 3.63) is 35.4 Å². The number of carbonyl (C=O) groups excluding carboxylic acids is 1. The molecule has 1 fully saturated rings. The van der Waals surface area contributed by atoms with Gasteiger partial charge in [-0.1, -0.05) is 38.1 Å². The third kappa shape index (κ3) is 4.46. The van der Waals surface area contributed by atoms with Gasteiger partial charge in [0.15, 0.2) is 0 Å². The molecule has 2 atom stereocenters. The van der Waals surface area contributed by atoms with E-state index in [-0.39, 0.29) is 6.10 Å². The molecule has 0 amide bonds. The Morgan fingerprint density at radius 2 is 2.00 bits per heavy atom. The van der Waals surface area contributed by atoms with Gasteiger partial charge in [0.1, 0.15) is 6.10 Å². The molecule has 0 aromatic heterocycles. The highest BCUT2D eigenvalue weighted by Gasteiger charge is 2.26. The number of benzene rings is 1. The van der Waals surface area contributed by atoms with E-state index in [0.29, 0.717) is 25.0 Å². The number of ether oxygens (including phenoxy) is 2. The maximum absolute atomic E-state index is 11.4. The smallest absolute Gasteiger partial charge is 0.435 e. The summed E-state index contributed by atoms with van der Waals surface area (Å²) in [6.07, 6.45) is 0.153. The van der Waals surface area contributed by atoms with Crippen molar-refractivity contribution in [1.82, 2.24) is 5.32 Å². The van der Waals surface area contributed by atoms with E-state index in [0.717, 1.165) is 13.0 Å². The average molecular weight is 291 g/mol. The van der Waals surface area contributed by atoms with Crippen LogP contribution in [-0.2, 0) is 9.47 Å². The van der Waals surface area contributed by atoms with E-state index in [1.54, 1.807) is 6.92 Å². The number of rotatable bonds is 4. The van der Waals surface area contributed by atoms with Crippen molar-refractivity contribution in [3.63, 3.8) is 0 Å². The third-order valence-electron chi connectivity index (χ3n) is 3.91. The highest BCUT2D eigenvalue weighted by Crippen LogP contribution is 2.26. The third-order valence-corrected chi connectivity index (χ3v) is 3.91. The van der Waals surface area contributed by atoms with Gasteiger partial charge in [-0.3, -0.25) is 0 Å². The van der Waals surface area contributed by atoms with Crippen LogP contribution >= 0.6 is 0 Å². The SMILES string of the molecule is CCOC(=O)OC1CNCC(c2ccc(C(C)C)cc2)C1. The Bertz CT molecular complexity index is 456. The monoisotopic (exact) mass is 291 g/mol. The number of nitrogens with one attached hydrogen (secondary N) is 1. The van der Waals surface area contributed by atoms with Gasteiger partial charge in [-0.05, 0) is 36.3 Å². The van der Waals surface area contributed by atoms with Crippen LogP contribution in [0.25, 0.3) is 0 Å². The molecule has 4 nitrogen and oxygen atoms in total. The predicted molar refractivity (Wildman–Crippen MR) is 82.7 cm³/mol. The van der Waals surface area contributed by atoms with Crippen LogP contribution in [0.15, 0.2) is 24.3 Å². The molecular formula is C17H25NO3. The minimum atomic E-state index is -0.569. The minimum absolute atomic E-state index is 0.118. The Hall–Kier alpha value is -1.55. The number of hydrogen-bond donors (Lipinski definition) is 1. The maximum atomic E-state index is 11.4. The summed E-state index contributed by atoms with van der Waals surface area (Å²) < 4.78 is 10.2. The zero-order valence-corrected chi connectivity index (χ0v) is 13.1. The average Bonchev–Trinajstić information content (AvgIpc) is 2.48. The van der Waals surface area contributed by atoms with Gasteiger partial charge >= 0.3 is 6.16 Å². The second kappa shape index (κ2) is 7.46. The summed E-state index contributed by atoms with van der Waals surface area (Å²) in [4.78, 5) is 11.4. The second-order valence-corrected chi connectivity index (χ2v) is 5.84. The van der Waals surface area contributed by atoms with Crippen LogP contribution in [-0.4, -0.2) is 32.0 Å². The van der Waals surface area contributed by atoms with Crippen molar-refractivity contribution < 1.29 is 14.3 Å². The zero-order valence-electron chi connectivity index (χ0n) is 13.1. The highest BCUT2D eigenvalue weighted by molar-refractivity contribution is 5.60. The van der Waals surface area contributed by atoms with E-state index in [2.05, 4.69) is 43.4 Å². The summed E-state index contributed by atoms with van der Waals surface area (Å²) in [6.45, 7) is 8.13. The summed E-state index contributed by atoms with van der Waals surface area (Å²) in [7, 11) is 0. The van der Waals surface area contributed by atoms with Crippen molar-refractivity contribution in [1.29, 1.82) is 0 Å². The topological polar surface area (TPSA) is 47.6 Å².